The lowest BCUT2D eigenvalue weighted by Crippen LogP contribution is -2.55. The predicted molar refractivity (Wildman–Crippen MR) is 143 cm³/mol. The molecule has 2 aromatic rings. The highest BCUT2D eigenvalue weighted by molar-refractivity contribution is 7.88. The summed E-state index contributed by atoms with van der Waals surface area (Å²) in [6.07, 6.45) is 3.39. The number of carbonyl (C=O) groups is 1. The first-order chi connectivity index (χ1) is 17.6. The van der Waals surface area contributed by atoms with Gasteiger partial charge >= 0.3 is 0 Å². The summed E-state index contributed by atoms with van der Waals surface area (Å²) >= 11 is 6.22. The number of nitrogens with zero attached hydrogens (tertiary/aromatic N) is 5. The molecule has 0 unspecified atom stereocenters. The average Bonchev–Trinajstić information content (AvgIpc) is 2.83. The fourth-order valence-electron chi connectivity index (χ4n) is 3.95. The molecule has 200 valence electrons. The number of halogens is 1. The zero-order chi connectivity index (χ0) is 26.7. The van der Waals surface area contributed by atoms with Crippen molar-refractivity contribution < 1.29 is 22.7 Å². The van der Waals surface area contributed by atoms with Gasteiger partial charge in [-0.05, 0) is 19.2 Å². The molecule has 0 spiro atoms. The predicted octanol–water partition coefficient (Wildman–Crippen LogP) is 1.78. The molecule has 2 aliphatic heterocycles. The van der Waals surface area contributed by atoms with Gasteiger partial charge in [-0.15, -0.1) is 0 Å². The minimum atomic E-state index is -3.27. The van der Waals surface area contributed by atoms with E-state index >= 15 is 0 Å². The zero-order valence-electron chi connectivity index (χ0n) is 20.9. The van der Waals surface area contributed by atoms with Crippen LogP contribution < -0.4 is 25.0 Å². The summed E-state index contributed by atoms with van der Waals surface area (Å²) in [4.78, 5) is 25.2. The van der Waals surface area contributed by atoms with E-state index in [4.69, 9.17) is 21.1 Å². The summed E-state index contributed by atoms with van der Waals surface area (Å²) < 4.78 is 36.0. The summed E-state index contributed by atoms with van der Waals surface area (Å²) in [6.45, 7) is 7.35. The number of nitrogens with one attached hydrogen (secondary N) is 2. The number of ether oxygens (including phenoxy) is 2. The molecular formula is C23H30ClN7O5S. The molecular weight excluding hydrogens is 522 g/mol. The quantitative estimate of drug-likeness (QED) is 0.445. The van der Waals surface area contributed by atoms with Crippen molar-refractivity contribution in [2.45, 2.75) is 6.10 Å². The van der Waals surface area contributed by atoms with E-state index < -0.39 is 10.0 Å². The second kappa shape index (κ2) is 11.1. The van der Waals surface area contributed by atoms with Crippen molar-refractivity contribution in [3.8, 4) is 11.6 Å². The molecule has 2 fully saturated rings. The third-order valence-corrected chi connectivity index (χ3v) is 7.62. The highest BCUT2D eigenvalue weighted by Gasteiger charge is 2.35. The summed E-state index contributed by atoms with van der Waals surface area (Å²) in [7, 11) is 0.357. The molecule has 0 atom stereocenters. The van der Waals surface area contributed by atoms with Crippen molar-refractivity contribution in [3.63, 3.8) is 0 Å². The first-order valence-corrected chi connectivity index (χ1v) is 13.8. The second-order valence-corrected chi connectivity index (χ2v) is 11.2. The van der Waals surface area contributed by atoms with Gasteiger partial charge in [0.05, 0.1) is 49.7 Å². The molecule has 4 rings (SSSR count). The van der Waals surface area contributed by atoms with Gasteiger partial charge in [0.1, 0.15) is 16.9 Å². The third kappa shape index (κ3) is 6.42. The van der Waals surface area contributed by atoms with E-state index in [2.05, 4.69) is 44.0 Å². The number of hydrogen-bond acceptors (Lipinski definition) is 10. The van der Waals surface area contributed by atoms with Gasteiger partial charge in [-0.1, -0.05) is 18.2 Å². The van der Waals surface area contributed by atoms with Crippen LogP contribution in [0.4, 0.5) is 23.0 Å². The maximum absolute atomic E-state index is 12.2. The van der Waals surface area contributed by atoms with Crippen LogP contribution in [0.3, 0.4) is 0 Å². The molecule has 1 aromatic heterocycles. The first kappa shape index (κ1) is 26.9. The number of piperazine rings is 1. The molecule has 0 bridgehead atoms. The van der Waals surface area contributed by atoms with Gasteiger partial charge in [0.25, 0.3) is 0 Å². The zero-order valence-corrected chi connectivity index (χ0v) is 22.5. The molecule has 1 aromatic carbocycles. The summed E-state index contributed by atoms with van der Waals surface area (Å²) in [6, 6.07) is 3.61. The van der Waals surface area contributed by atoms with Crippen LogP contribution in [0.25, 0.3) is 0 Å². The molecule has 12 nitrogen and oxygen atoms in total. The maximum Gasteiger partial charge on any atom is 0.247 e. The number of sulfonamides is 1. The number of amides is 1. The van der Waals surface area contributed by atoms with E-state index in [1.807, 2.05) is 6.07 Å². The smallest absolute Gasteiger partial charge is 0.247 e. The lowest BCUT2D eigenvalue weighted by Gasteiger charge is -2.36. The second-order valence-electron chi connectivity index (χ2n) is 8.84. The number of likely N-dealkylation sites (N-methyl/N-ethyl adjacent to an activating group) is 1. The van der Waals surface area contributed by atoms with Gasteiger partial charge in [0.2, 0.25) is 27.8 Å². The maximum atomic E-state index is 12.2. The monoisotopic (exact) mass is 551 g/mol. The third-order valence-electron chi connectivity index (χ3n) is 6.13. The Bertz CT molecular complexity index is 1280. The number of aromatic nitrogens is 2. The topological polar surface area (TPSA) is 129 Å². The standard InChI is InChI=1S/C23H30ClN7O5S/c1-5-21(32)26-17-10-18(20(35-3)11-19(17)30-8-6-29(2)7-9-30)27-23-25-12-16(24)22(28-23)36-15-13-31(14-15)37(4,33)34/h5,10-12,15H,1,6-9,13-14H2,2-4H3,(H,26,32)(H,25,27,28). The lowest BCUT2D eigenvalue weighted by atomic mass is 10.1. The van der Waals surface area contributed by atoms with Gasteiger partial charge < -0.3 is 29.9 Å². The van der Waals surface area contributed by atoms with Gasteiger partial charge in [0, 0.05) is 32.2 Å². The van der Waals surface area contributed by atoms with Gasteiger partial charge in [-0.2, -0.15) is 9.29 Å². The molecule has 0 saturated carbocycles. The van der Waals surface area contributed by atoms with E-state index in [1.165, 1.54) is 16.6 Å². The molecule has 2 aliphatic rings. The number of methoxy groups -OCH3 is 1. The SMILES string of the molecule is C=CC(=O)Nc1cc(Nc2ncc(Cl)c(OC3CN(S(C)(=O)=O)C3)n2)c(OC)cc1N1CCN(C)CC1. The van der Waals surface area contributed by atoms with E-state index in [1.54, 1.807) is 13.2 Å². The minimum absolute atomic E-state index is 0.130. The van der Waals surface area contributed by atoms with Crippen LogP contribution in [-0.2, 0) is 14.8 Å². The van der Waals surface area contributed by atoms with E-state index in [0.29, 0.717) is 17.1 Å². The van der Waals surface area contributed by atoms with Crippen LogP contribution in [0, 0.1) is 0 Å². The van der Waals surface area contributed by atoms with Crippen molar-refractivity contribution in [1.29, 1.82) is 0 Å². The summed E-state index contributed by atoms with van der Waals surface area (Å²) in [5, 5.41) is 6.18. The highest BCUT2D eigenvalue weighted by atomic mass is 35.5. The first-order valence-electron chi connectivity index (χ1n) is 11.6. The Morgan fingerprint density at radius 2 is 1.92 bits per heavy atom. The number of hydrogen-bond donors (Lipinski definition) is 2. The molecule has 2 N–H and O–H groups in total. The number of carbonyl (C=O) groups excluding carboxylic acids is 1. The number of benzene rings is 1. The van der Waals surface area contributed by atoms with Gasteiger partial charge in [-0.3, -0.25) is 4.79 Å². The van der Waals surface area contributed by atoms with Gasteiger partial charge in [0.15, 0.2) is 0 Å². The lowest BCUT2D eigenvalue weighted by molar-refractivity contribution is -0.111. The Kier molecular flexibility index (Phi) is 8.07. The Morgan fingerprint density at radius 1 is 1.22 bits per heavy atom. The van der Waals surface area contributed by atoms with Crippen LogP contribution in [0.1, 0.15) is 0 Å². The van der Waals surface area contributed by atoms with Crippen LogP contribution in [0.2, 0.25) is 5.02 Å². The van der Waals surface area contributed by atoms with Crippen LogP contribution in [0.5, 0.6) is 11.6 Å². The average molecular weight is 552 g/mol. The Morgan fingerprint density at radius 3 is 2.54 bits per heavy atom. The van der Waals surface area contributed by atoms with Gasteiger partial charge in [-0.25, -0.2) is 13.4 Å². The highest BCUT2D eigenvalue weighted by Crippen LogP contribution is 2.39. The largest absolute Gasteiger partial charge is 0.494 e. The molecule has 14 heteroatoms. The van der Waals surface area contributed by atoms with Crippen molar-refractivity contribution >= 4 is 50.5 Å². The van der Waals surface area contributed by atoms with Crippen molar-refractivity contribution in [2.24, 2.45) is 0 Å². The fraction of sp³-hybridized carbons (Fsp3) is 0.435. The Hall–Kier alpha value is -3.13. The van der Waals surface area contributed by atoms with Crippen molar-refractivity contribution in [1.82, 2.24) is 19.2 Å². The molecule has 0 radical (unpaired) electrons. The Balaban J connectivity index is 1.58. The molecule has 3 heterocycles. The van der Waals surface area contributed by atoms with E-state index in [-0.39, 0.29) is 42.0 Å². The van der Waals surface area contributed by atoms with E-state index in [9.17, 15) is 13.2 Å². The summed E-state index contributed by atoms with van der Waals surface area (Å²) in [5.41, 5.74) is 1.92. The molecule has 1 amide bonds. The Labute approximate surface area is 221 Å². The van der Waals surface area contributed by atoms with Crippen molar-refractivity contribution in [2.75, 3.05) is 75.2 Å². The van der Waals surface area contributed by atoms with Crippen LogP contribution in [0.15, 0.2) is 31.0 Å². The number of anilines is 4. The van der Waals surface area contributed by atoms with E-state index in [0.717, 1.165) is 38.1 Å². The fourth-order valence-corrected chi connectivity index (χ4v) is 4.96. The van der Waals surface area contributed by atoms with Crippen LogP contribution >= 0.6 is 11.6 Å². The van der Waals surface area contributed by atoms with Crippen molar-refractivity contribution in [3.05, 3.63) is 36.0 Å². The normalized spacial score (nSPS) is 17.1. The molecule has 2 saturated heterocycles. The van der Waals surface area contributed by atoms with Crippen LogP contribution in [-0.4, -0.2) is 99.3 Å². The molecule has 37 heavy (non-hydrogen) atoms. The number of rotatable bonds is 9. The summed E-state index contributed by atoms with van der Waals surface area (Å²) in [5.74, 6) is 0.499. The molecule has 0 aliphatic carbocycles. The minimum Gasteiger partial charge on any atom is -0.494 e.